The first-order valence-corrected chi connectivity index (χ1v) is 8.02. The number of alkyl halides is 1. The first kappa shape index (κ1) is 17.7. The molecule has 2 rings (SSSR count). The molecule has 1 aliphatic heterocycles. The number of nitrogens with zero attached hydrogens (tertiary/aromatic N) is 1. The van der Waals surface area contributed by atoms with Crippen LogP contribution in [0.1, 0.15) is 57.8 Å². The molecule has 1 heterocycles. The molecule has 0 spiro atoms. The van der Waals surface area contributed by atoms with Crippen molar-refractivity contribution in [2.45, 2.75) is 64.5 Å². The number of aliphatic hydroxyl groups is 1. The molecule has 0 aliphatic carbocycles. The van der Waals surface area contributed by atoms with E-state index in [4.69, 9.17) is 4.74 Å². The second-order valence-corrected chi connectivity index (χ2v) is 7.41. The van der Waals surface area contributed by atoms with Crippen molar-refractivity contribution in [1.82, 2.24) is 4.90 Å². The standard InChI is InChI=1S/C18H26FNO3/c1-11(2)12-6-8-13(9-7-12)16(21)15-14(19)10-20(15)17(22)23-18(3,4)5/h6-9,11,14-16,21H,10H2,1-5H3. The first-order valence-electron chi connectivity index (χ1n) is 8.02. The van der Waals surface area contributed by atoms with Gasteiger partial charge in [-0.25, -0.2) is 9.18 Å². The average Bonchev–Trinajstić information content (AvgIpc) is 2.42. The Hall–Kier alpha value is -1.62. The highest BCUT2D eigenvalue weighted by atomic mass is 19.1. The number of carbonyl (C=O) groups excluding carboxylic acids is 1. The smallest absolute Gasteiger partial charge is 0.410 e. The number of hydrogen-bond donors (Lipinski definition) is 1. The molecule has 1 aromatic rings. The third-order valence-electron chi connectivity index (χ3n) is 4.00. The van der Waals surface area contributed by atoms with Crippen LogP contribution in [0.2, 0.25) is 0 Å². The van der Waals surface area contributed by atoms with Crippen molar-refractivity contribution in [1.29, 1.82) is 0 Å². The number of rotatable bonds is 3. The minimum Gasteiger partial charge on any atom is -0.444 e. The van der Waals surface area contributed by atoms with Gasteiger partial charge in [-0.05, 0) is 37.8 Å². The van der Waals surface area contributed by atoms with Gasteiger partial charge < -0.3 is 9.84 Å². The zero-order valence-electron chi connectivity index (χ0n) is 14.4. The Balaban J connectivity index is 2.10. The number of halogens is 1. The van der Waals surface area contributed by atoms with Gasteiger partial charge in [-0.15, -0.1) is 0 Å². The minimum atomic E-state index is -1.25. The maximum atomic E-state index is 14.0. The Bertz CT molecular complexity index is 550. The van der Waals surface area contributed by atoms with Crippen molar-refractivity contribution in [3.05, 3.63) is 35.4 Å². The van der Waals surface area contributed by atoms with Gasteiger partial charge in [0.15, 0.2) is 0 Å². The zero-order chi connectivity index (χ0) is 17.4. The highest BCUT2D eigenvalue weighted by Crippen LogP contribution is 2.34. The van der Waals surface area contributed by atoms with Crippen molar-refractivity contribution in [3.63, 3.8) is 0 Å². The van der Waals surface area contributed by atoms with Crippen LogP contribution in [0, 0.1) is 0 Å². The van der Waals surface area contributed by atoms with E-state index in [-0.39, 0.29) is 6.54 Å². The summed E-state index contributed by atoms with van der Waals surface area (Å²) >= 11 is 0. The van der Waals surface area contributed by atoms with E-state index < -0.39 is 30.0 Å². The molecule has 1 aromatic carbocycles. The second-order valence-electron chi connectivity index (χ2n) is 7.41. The van der Waals surface area contributed by atoms with E-state index in [1.807, 2.05) is 12.1 Å². The summed E-state index contributed by atoms with van der Waals surface area (Å²) < 4.78 is 19.2. The lowest BCUT2D eigenvalue weighted by Crippen LogP contribution is -2.63. The molecule has 3 atom stereocenters. The molecule has 1 saturated heterocycles. The van der Waals surface area contributed by atoms with Crippen molar-refractivity contribution in [2.75, 3.05) is 6.54 Å². The van der Waals surface area contributed by atoms with Crippen LogP contribution < -0.4 is 0 Å². The van der Waals surface area contributed by atoms with Gasteiger partial charge >= 0.3 is 6.09 Å². The summed E-state index contributed by atoms with van der Waals surface area (Å²) in [7, 11) is 0. The molecule has 1 N–H and O–H groups in total. The number of carbonyl (C=O) groups is 1. The van der Waals surface area contributed by atoms with Crippen LogP contribution in [0.5, 0.6) is 0 Å². The van der Waals surface area contributed by atoms with Gasteiger partial charge in [-0.2, -0.15) is 0 Å². The van der Waals surface area contributed by atoms with Crippen LogP contribution in [0.15, 0.2) is 24.3 Å². The number of aliphatic hydroxyl groups excluding tert-OH is 1. The fraction of sp³-hybridized carbons (Fsp3) is 0.611. The second kappa shape index (κ2) is 6.48. The normalized spacial score (nSPS) is 22.7. The third-order valence-corrected chi connectivity index (χ3v) is 4.00. The van der Waals surface area contributed by atoms with Gasteiger partial charge in [0.05, 0.1) is 12.6 Å². The molecule has 23 heavy (non-hydrogen) atoms. The van der Waals surface area contributed by atoms with Crippen LogP contribution in [0.3, 0.4) is 0 Å². The Morgan fingerprint density at radius 3 is 2.22 bits per heavy atom. The van der Waals surface area contributed by atoms with Crippen molar-refractivity contribution >= 4 is 6.09 Å². The van der Waals surface area contributed by atoms with E-state index >= 15 is 0 Å². The molecule has 1 fully saturated rings. The number of benzene rings is 1. The predicted molar refractivity (Wildman–Crippen MR) is 87.1 cm³/mol. The Morgan fingerprint density at radius 1 is 1.26 bits per heavy atom. The van der Waals surface area contributed by atoms with Gasteiger partial charge in [0.2, 0.25) is 0 Å². The van der Waals surface area contributed by atoms with E-state index in [0.717, 1.165) is 5.56 Å². The molecular formula is C18H26FNO3. The molecule has 0 saturated carbocycles. The van der Waals surface area contributed by atoms with Gasteiger partial charge in [-0.1, -0.05) is 38.1 Å². The van der Waals surface area contributed by atoms with E-state index in [0.29, 0.717) is 11.5 Å². The van der Waals surface area contributed by atoms with Crippen LogP contribution in [-0.4, -0.2) is 40.5 Å². The fourth-order valence-corrected chi connectivity index (χ4v) is 2.64. The van der Waals surface area contributed by atoms with Gasteiger partial charge in [0.25, 0.3) is 0 Å². The number of amides is 1. The molecule has 0 aromatic heterocycles. The van der Waals surface area contributed by atoms with Crippen molar-refractivity contribution in [3.8, 4) is 0 Å². The monoisotopic (exact) mass is 323 g/mol. The summed E-state index contributed by atoms with van der Waals surface area (Å²) in [6, 6.07) is 6.53. The molecule has 1 amide bonds. The zero-order valence-corrected chi connectivity index (χ0v) is 14.4. The maximum absolute atomic E-state index is 14.0. The summed E-state index contributed by atoms with van der Waals surface area (Å²) in [4.78, 5) is 13.4. The van der Waals surface area contributed by atoms with E-state index in [9.17, 15) is 14.3 Å². The molecule has 3 unspecified atom stereocenters. The fourth-order valence-electron chi connectivity index (χ4n) is 2.64. The highest BCUT2D eigenvalue weighted by Gasteiger charge is 2.48. The summed E-state index contributed by atoms with van der Waals surface area (Å²) in [5.74, 6) is 0.386. The topological polar surface area (TPSA) is 49.8 Å². The predicted octanol–water partition coefficient (Wildman–Crippen LogP) is 3.80. The largest absolute Gasteiger partial charge is 0.444 e. The van der Waals surface area contributed by atoms with Gasteiger partial charge in [0, 0.05) is 0 Å². The lowest BCUT2D eigenvalue weighted by atomic mass is 9.90. The maximum Gasteiger partial charge on any atom is 0.410 e. The Kier molecular flexibility index (Phi) is 4.99. The van der Waals surface area contributed by atoms with Crippen molar-refractivity contribution in [2.24, 2.45) is 0 Å². The van der Waals surface area contributed by atoms with Crippen molar-refractivity contribution < 1.29 is 19.0 Å². The summed E-state index contributed by atoms with van der Waals surface area (Å²) in [5.41, 5.74) is 1.11. The molecular weight excluding hydrogens is 297 g/mol. The Labute approximate surface area is 137 Å². The molecule has 4 nitrogen and oxygen atoms in total. The summed E-state index contributed by atoms with van der Waals surface area (Å²) in [6.07, 6.45) is -2.90. The Morgan fingerprint density at radius 2 is 1.78 bits per heavy atom. The molecule has 1 aliphatic rings. The van der Waals surface area contributed by atoms with Gasteiger partial charge in [0.1, 0.15) is 17.9 Å². The highest BCUT2D eigenvalue weighted by molar-refractivity contribution is 5.70. The molecule has 5 heteroatoms. The van der Waals surface area contributed by atoms with Crippen LogP contribution in [0.25, 0.3) is 0 Å². The van der Waals surface area contributed by atoms with Crippen LogP contribution in [0.4, 0.5) is 9.18 Å². The van der Waals surface area contributed by atoms with Gasteiger partial charge in [-0.3, -0.25) is 4.90 Å². The quantitative estimate of drug-likeness (QED) is 0.920. The van der Waals surface area contributed by atoms with Crippen LogP contribution in [-0.2, 0) is 4.74 Å². The van der Waals surface area contributed by atoms with E-state index in [1.165, 1.54) is 4.90 Å². The van der Waals surface area contributed by atoms with E-state index in [1.54, 1.807) is 32.9 Å². The lowest BCUT2D eigenvalue weighted by Gasteiger charge is -2.46. The molecule has 0 radical (unpaired) electrons. The summed E-state index contributed by atoms with van der Waals surface area (Å²) in [5, 5.41) is 10.5. The average molecular weight is 323 g/mol. The third kappa shape index (κ3) is 4.02. The lowest BCUT2D eigenvalue weighted by molar-refractivity contribution is -0.0840. The van der Waals surface area contributed by atoms with Crippen LogP contribution >= 0.6 is 0 Å². The first-order chi connectivity index (χ1) is 10.6. The molecule has 0 bridgehead atoms. The summed E-state index contributed by atoms with van der Waals surface area (Å²) in [6.45, 7) is 9.40. The number of ether oxygens (including phenoxy) is 1. The minimum absolute atomic E-state index is 0.0410. The number of hydrogen-bond acceptors (Lipinski definition) is 3. The molecule has 128 valence electrons. The number of likely N-dealkylation sites (tertiary alicyclic amines) is 1. The van der Waals surface area contributed by atoms with E-state index in [2.05, 4.69) is 13.8 Å². The SMILES string of the molecule is CC(C)c1ccc(C(O)C2C(F)CN2C(=O)OC(C)(C)C)cc1.